The predicted octanol–water partition coefficient (Wildman–Crippen LogP) is 3.75. The third-order valence-electron chi connectivity index (χ3n) is 1.40. The zero-order chi connectivity index (χ0) is 9.84. The lowest BCUT2D eigenvalue weighted by molar-refractivity contribution is 0.628. The Balaban J connectivity index is 2.75. The fourth-order valence-corrected chi connectivity index (χ4v) is 1.28. The molecule has 1 aromatic carbocycles. The van der Waals surface area contributed by atoms with Gasteiger partial charge in [0.05, 0.1) is 12.2 Å². The molecule has 0 amide bonds. The zero-order valence-corrected chi connectivity index (χ0v) is 9.12. The molecule has 0 heterocycles. The van der Waals surface area contributed by atoms with Crippen LogP contribution in [0.15, 0.2) is 34.3 Å². The van der Waals surface area contributed by atoms with Crippen molar-refractivity contribution in [1.82, 2.24) is 0 Å². The first kappa shape index (κ1) is 10.5. The fourth-order valence-electron chi connectivity index (χ4n) is 0.824. The van der Waals surface area contributed by atoms with Crippen LogP contribution in [0.4, 0.5) is 10.1 Å². The second-order valence-electron chi connectivity index (χ2n) is 2.49. The molecule has 0 aliphatic carbocycles. The van der Waals surface area contributed by atoms with Crippen molar-refractivity contribution < 1.29 is 4.39 Å². The maximum absolute atomic E-state index is 12.8. The number of hydrogen-bond donors (Lipinski definition) is 1. The lowest BCUT2D eigenvalue weighted by atomic mass is 10.3. The minimum Gasteiger partial charge on any atom is -0.379 e. The van der Waals surface area contributed by atoms with Crippen molar-refractivity contribution >= 4 is 33.2 Å². The van der Waals surface area contributed by atoms with Gasteiger partial charge in [0.25, 0.3) is 0 Å². The number of rotatable bonds is 3. The summed E-state index contributed by atoms with van der Waals surface area (Å²) in [5.74, 6) is -0.286. The highest BCUT2D eigenvalue weighted by atomic mass is 79.9. The second-order valence-corrected chi connectivity index (χ2v) is 3.88. The van der Waals surface area contributed by atoms with Gasteiger partial charge < -0.3 is 5.32 Å². The van der Waals surface area contributed by atoms with E-state index in [1.807, 2.05) is 0 Å². The predicted molar refractivity (Wildman–Crippen MR) is 57.6 cm³/mol. The molecule has 0 atom stereocenters. The third kappa shape index (κ3) is 3.36. The van der Waals surface area contributed by atoms with Crippen molar-refractivity contribution in [3.63, 3.8) is 0 Å². The Morgan fingerprint density at radius 1 is 1.62 bits per heavy atom. The Bertz CT molecular complexity index is 327. The number of nitrogens with one attached hydrogen (secondary N) is 1. The number of benzene rings is 1. The zero-order valence-electron chi connectivity index (χ0n) is 6.78. The molecule has 0 aromatic heterocycles. The summed E-state index contributed by atoms with van der Waals surface area (Å²) in [7, 11) is 0. The minimum atomic E-state index is -0.286. The van der Waals surface area contributed by atoms with Crippen LogP contribution in [-0.2, 0) is 0 Å². The van der Waals surface area contributed by atoms with Crippen molar-refractivity contribution in [3.8, 4) is 0 Å². The van der Waals surface area contributed by atoms with Crippen LogP contribution in [0.2, 0.25) is 0 Å². The highest BCUT2D eigenvalue weighted by Gasteiger charge is 2.00. The largest absolute Gasteiger partial charge is 0.379 e. The first-order valence-corrected chi connectivity index (χ1v) is 4.79. The highest BCUT2D eigenvalue weighted by molar-refractivity contribution is 9.10. The summed E-state index contributed by atoms with van der Waals surface area (Å²) < 4.78 is 13.6. The molecule has 0 aliphatic heterocycles. The van der Waals surface area contributed by atoms with E-state index in [2.05, 4.69) is 27.8 Å². The van der Waals surface area contributed by atoms with Gasteiger partial charge in [-0.15, -0.1) is 0 Å². The third-order valence-corrected chi connectivity index (χ3v) is 2.22. The van der Waals surface area contributed by atoms with Crippen LogP contribution in [0.1, 0.15) is 0 Å². The molecule has 0 radical (unpaired) electrons. The average molecular weight is 265 g/mol. The SMILES string of the molecule is C=C(Cl)CNc1cc(F)ccc1Br. The quantitative estimate of drug-likeness (QED) is 0.877. The van der Waals surface area contributed by atoms with E-state index in [1.165, 1.54) is 12.1 Å². The van der Waals surface area contributed by atoms with Crippen LogP contribution >= 0.6 is 27.5 Å². The Labute approximate surface area is 89.7 Å². The molecule has 70 valence electrons. The smallest absolute Gasteiger partial charge is 0.125 e. The fraction of sp³-hybridized carbons (Fsp3) is 0.111. The molecule has 0 saturated carbocycles. The number of halogens is 3. The molecule has 1 N–H and O–H groups in total. The van der Waals surface area contributed by atoms with E-state index in [-0.39, 0.29) is 5.82 Å². The molecule has 0 spiro atoms. The first-order valence-electron chi connectivity index (χ1n) is 3.62. The van der Waals surface area contributed by atoms with E-state index in [0.717, 1.165) is 4.47 Å². The molecule has 0 saturated heterocycles. The van der Waals surface area contributed by atoms with Crippen LogP contribution in [0.3, 0.4) is 0 Å². The van der Waals surface area contributed by atoms with Crippen molar-refractivity contribution in [2.75, 3.05) is 11.9 Å². The van der Waals surface area contributed by atoms with E-state index in [0.29, 0.717) is 17.3 Å². The van der Waals surface area contributed by atoms with Gasteiger partial charge in [-0.25, -0.2) is 4.39 Å². The second kappa shape index (κ2) is 4.63. The van der Waals surface area contributed by atoms with Crippen molar-refractivity contribution in [1.29, 1.82) is 0 Å². The van der Waals surface area contributed by atoms with Gasteiger partial charge in [0.2, 0.25) is 0 Å². The monoisotopic (exact) mass is 263 g/mol. The van der Waals surface area contributed by atoms with E-state index in [4.69, 9.17) is 11.6 Å². The van der Waals surface area contributed by atoms with Gasteiger partial charge in [-0.2, -0.15) is 0 Å². The van der Waals surface area contributed by atoms with Crippen LogP contribution in [-0.4, -0.2) is 6.54 Å². The molecule has 4 heteroatoms. The normalized spacial score (nSPS) is 9.77. The van der Waals surface area contributed by atoms with Crippen LogP contribution in [0, 0.1) is 5.82 Å². The van der Waals surface area contributed by atoms with Gasteiger partial charge in [0.15, 0.2) is 0 Å². The van der Waals surface area contributed by atoms with Gasteiger partial charge in [0, 0.05) is 9.51 Å². The van der Waals surface area contributed by atoms with Crippen molar-refractivity contribution in [3.05, 3.63) is 40.1 Å². The van der Waals surface area contributed by atoms with Gasteiger partial charge in [0.1, 0.15) is 5.82 Å². The molecule has 1 rings (SSSR count). The standard InChI is InChI=1S/C9H8BrClFN/c1-6(11)5-13-9-4-7(12)2-3-8(9)10/h2-4,13H,1,5H2. The van der Waals surface area contributed by atoms with Gasteiger partial charge in [-0.05, 0) is 34.1 Å². The van der Waals surface area contributed by atoms with E-state index in [9.17, 15) is 4.39 Å². The van der Waals surface area contributed by atoms with E-state index >= 15 is 0 Å². The minimum absolute atomic E-state index is 0.286. The Hall–Kier alpha value is -0.540. The molecular weight excluding hydrogens is 256 g/mol. The summed E-state index contributed by atoms with van der Waals surface area (Å²) in [5, 5.41) is 3.42. The molecule has 13 heavy (non-hydrogen) atoms. The summed E-state index contributed by atoms with van der Waals surface area (Å²) in [5.41, 5.74) is 0.668. The molecule has 0 bridgehead atoms. The van der Waals surface area contributed by atoms with Gasteiger partial charge in [-0.3, -0.25) is 0 Å². The molecule has 0 aliphatic rings. The Morgan fingerprint density at radius 3 is 2.92 bits per heavy atom. The Kier molecular flexibility index (Phi) is 3.75. The van der Waals surface area contributed by atoms with Crippen molar-refractivity contribution in [2.24, 2.45) is 0 Å². The topological polar surface area (TPSA) is 12.0 Å². The summed E-state index contributed by atoms with van der Waals surface area (Å²) in [4.78, 5) is 0. The Morgan fingerprint density at radius 2 is 2.31 bits per heavy atom. The van der Waals surface area contributed by atoms with E-state index < -0.39 is 0 Å². The summed E-state index contributed by atoms with van der Waals surface area (Å²) in [6, 6.07) is 4.41. The summed E-state index contributed by atoms with van der Waals surface area (Å²) in [6.45, 7) is 3.94. The molecular formula is C9H8BrClFN. The summed E-state index contributed by atoms with van der Waals surface area (Å²) >= 11 is 8.83. The maximum Gasteiger partial charge on any atom is 0.125 e. The molecule has 0 fully saturated rings. The number of anilines is 1. The molecule has 0 unspecified atom stereocenters. The van der Waals surface area contributed by atoms with Crippen LogP contribution in [0.5, 0.6) is 0 Å². The lowest BCUT2D eigenvalue weighted by Gasteiger charge is -2.06. The maximum atomic E-state index is 12.8. The average Bonchev–Trinajstić information content (AvgIpc) is 2.06. The van der Waals surface area contributed by atoms with Gasteiger partial charge >= 0.3 is 0 Å². The van der Waals surface area contributed by atoms with Crippen molar-refractivity contribution in [2.45, 2.75) is 0 Å². The van der Waals surface area contributed by atoms with Crippen LogP contribution in [0.25, 0.3) is 0 Å². The van der Waals surface area contributed by atoms with Crippen LogP contribution < -0.4 is 5.32 Å². The lowest BCUT2D eigenvalue weighted by Crippen LogP contribution is -2.01. The molecule has 1 aromatic rings. The first-order chi connectivity index (χ1) is 6.09. The van der Waals surface area contributed by atoms with Gasteiger partial charge in [-0.1, -0.05) is 18.2 Å². The molecule has 1 nitrogen and oxygen atoms in total. The van der Waals surface area contributed by atoms with E-state index in [1.54, 1.807) is 6.07 Å². The summed E-state index contributed by atoms with van der Waals surface area (Å²) in [6.07, 6.45) is 0. The number of hydrogen-bond acceptors (Lipinski definition) is 1. The highest BCUT2D eigenvalue weighted by Crippen LogP contribution is 2.23.